The Bertz CT molecular complexity index is 1000. The van der Waals surface area contributed by atoms with Crippen molar-refractivity contribution < 1.29 is 22.7 Å². The van der Waals surface area contributed by atoms with Gasteiger partial charge in [-0.05, 0) is 56.9 Å². The zero-order chi connectivity index (χ0) is 25.5. The highest BCUT2D eigenvalue weighted by molar-refractivity contribution is 7.13. The lowest BCUT2D eigenvalue weighted by atomic mass is 9.81. The number of aromatic nitrogens is 4. The third-order valence-electron chi connectivity index (χ3n) is 6.84. The standard InChI is InChI=1S/C24H33F3N6O2S/c1-32-29-16-19(31-32)14-22(34)28-15-18-4-2-17(3-5-18)6-10-33-11-7-20-21(8-12-33)36-23(30-20)35-13-9-24(25,26)27/h15-18H,2-14H2,1H3/b28-15-. The molecule has 2 aromatic heterocycles. The summed E-state index contributed by atoms with van der Waals surface area (Å²) in [5.74, 6) is 0.871. The van der Waals surface area contributed by atoms with Crippen LogP contribution in [0.3, 0.4) is 0 Å². The zero-order valence-electron chi connectivity index (χ0n) is 20.5. The van der Waals surface area contributed by atoms with Crippen molar-refractivity contribution in [1.29, 1.82) is 0 Å². The number of carbonyl (C=O) groups excluding carboxylic acids is 1. The van der Waals surface area contributed by atoms with Crippen LogP contribution in [-0.4, -0.2) is 69.4 Å². The molecule has 1 fully saturated rings. The SMILES string of the molecule is Cn1ncc(CC(=O)/N=C\C2CCC(CCN3CCc4nc(OCCC(F)(F)F)sc4CC3)CC2)n1. The fraction of sp³-hybridized carbons (Fsp3) is 0.708. The molecule has 12 heteroatoms. The largest absolute Gasteiger partial charge is 0.470 e. The second kappa shape index (κ2) is 12.3. The summed E-state index contributed by atoms with van der Waals surface area (Å²) in [4.78, 5) is 25.7. The summed E-state index contributed by atoms with van der Waals surface area (Å²) in [5.41, 5.74) is 1.61. The number of thiazole rings is 1. The van der Waals surface area contributed by atoms with Crippen molar-refractivity contribution in [3.63, 3.8) is 0 Å². The van der Waals surface area contributed by atoms with E-state index in [4.69, 9.17) is 4.74 Å². The first kappa shape index (κ1) is 26.7. The van der Waals surface area contributed by atoms with E-state index < -0.39 is 12.6 Å². The van der Waals surface area contributed by atoms with Gasteiger partial charge in [0.1, 0.15) is 0 Å². The van der Waals surface area contributed by atoms with E-state index in [1.54, 1.807) is 13.2 Å². The van der Waals surface area contributed by atoms with Gasteiger partial charge in [0.25, 0.3) is 11.1 Å². The average Bonchev–Trinajstić information content (AvgIpc) is 3.36. The van der Waals surface area contributed by atoms with E-state index in [0.717, 1.165) is 75.2 Å². The predicted molar refractivity (Wildman–Crippen MR) is 130 cm³/mol. The Morgan fingerprint density at radius 2 is 2.03 bits per heavy atom. The molecule has 198 valence electrons. The number of hydrogen-bond donors (Lipinski definition) is 0. The van der Waals surface area contributed by atoms with Crippen LogP contribution in [0, 0.1) is 11.8 Å². The second-order valence-corrected chi connectivity index (χ2v) is 10.7. The Kier molecular flexibility index (Phi) is 9.10. The average molecular weight is 527 g/mol. The highest BCUT2D eigenvalue weighted by Gasteiger charge is 2.27. The Balaban J connectivity index is 1.12. The lowest BCUT2D eigenvalue weighted by Gasteiger charge is -2.28. The van der Waals surface area contributed by atoms with E-state index in [1.165, 1.54) is 16.1 Å². The number of nitrogens with zero attached hydrogens (tertiary/aromatic N) is 6. The van der Waals surface area contributed by atoms with Crippen LogP contribution >= 0.6 is 11.3 Å². The van der Waals surface area contributed by atoms with E-state index in [-0.39, 0.29) is 18.9 Å². The van der Waals surface area contributed by atoms with Gasteiger partial charge in [0, 0.05) is 37.6 Å². The quantitative estimate of drug-likeness (QED) is 0.459. The van der Waals surface area contributed by atoms with Crippen molar-refractivity contribution in [2.45, 2.75) is 64.0 Å². The maximum atomic E-state index is 12.3. The van der Waals surface area contributed by atoms with Crippen molar-refractivity contribution in [2.24, 2.45) is 23.9 Å². The molecule has 0 atom stereocenters. The summed E-state index contributed by atoms with van der Waals surface area (Å²) in [6, 6.07) is 0. The minimum Gasteiger partial charge on any atom is -0.470 e. The molecule has 0 bridgehead atoms. The third-order valence-corrected chi connectivity index (χ3v) is 7.91. The van der Waals surface area contributed by atoms with Crippen LogP contribution in [0.2, 0.25) is 0 Å². The number of alkyl halides is 3. The van der Waals surface area contributed by atoms with Crippen molar-refractivity contribution in [3.8, 4) is 5.19 Å². The van der Waals surface area contributed by atoms with Crippen LogP contribution in [-0.2, 0) is 31.1 Å². The molecule has 3 heterocycles. The Morgan fingerprint density at radius 1 is 1.25 bits per heavy atom. The Labute approximate surface area is 212 Å². The van der Waals surface area contributed by atoms with Crippen LogP contribution in [0.1, 0.15) is 54.8 Å². The third kappa shape index (κ3) is 8.36. The molecule has 36 heavy (non-hydrogen) atoms. The lowest BCUT2D eigenvalue weighted by molar-refractivity contribution is -0.139. The van der Waals surface area contributed by atoms with Crippen LogP contribution in [0.25, 0.3) is 0 Å². The molecule has 0 radical (unpaired) electrons. The molecule has 4 rings (SSSR count). The first-order chi connectivity index (χ1) is 17.2. The molecule has 0 N–H and O–H groups in total. The van der Waals surface area contributed by atoms with Gasteiger partial charge in [-0.3, -0.25) is 4.79 Å². The smallest absolute Gasteiger partial charge is 0.392 e. The van der Waals surface area contributed by atoms with E-state index in [2.05, 4.69) is 25.1 Å². The maximum absolute atomic E-state index is 12.3. The molecule has 2 aliphatic rings. The molecule has 1 amide bonds. The fourth-order valence-corrected chi connectivity index (χ4v) is 5.74. The topological polar surface area (TPSA) is 85.5 Å². The van der Waals surface area contributed by atoms with Gasteiger partial charge in [0.2, 0.25) is 0 Å². The number of carbonyl (C=O) groups is 1. The number of aryl methyl sites for hydroxylation is 1. The minimum absolute atomic E-state index is 0.179. The second-order valence-electron chi connectivity index (χ2n) is 9.65. The highest BCUT2D eigenvalue weighted by atomic mass is 32.1. The first-order valence-electron chi connectivity index (χ1n) is 12.6. The van der Waals surface area contributed by atoms with E-state index in [0.29, 0.717) is 22.7 Å². The lowest BCUT2D eigenvalue weighted by Crippen LogP contribution is -2.29. The van der Waals surface area contributed by atoms with Gasteiger partial charge in [-0.1, -0.05) is 11.3 Å². The summed E-state index contributed by atoms with van der Waals surface area (Å²) in [5, 5.41) is 8.44. The van der Waals surface area contributed by atoms with Crippen molar-refractivity contribution >= 4 is 23.5 Å². The number of ether oxygens (including phenoxy) is 1. The molecule has 0 saturated heterocycles. The zero-order valence-corrected chi connectivity index (χ0v) is 21.4. The molecule has 0 spiro atoms. The van der Waals surface area contributed by atoms with Gasteiger partial charge >= 0.3 is 6.18 Å². The van der Waals surface area contributed by atoms with Gasteiger partial charge in [0.15, 0.2) is 0 Å². The molecule has 8 nitrogen and oxygen atoms in total. The Hall–Kier alpha value is -2.34. The molecule has 1 aliphatic heterocycles. The van der Waals surface area contributed by atoms with E-state index in [9.17, 15) is 18.0 Å². The van der Waals surface area contributed by atoms with Crippen molar-refractivity contribution in [1.82, 2.24) is 24.9 Å². The van der Waals surface area contributed by atoms with Crippen LogP contribution in [0.5, 0.6) is 5.19 Å². The van der Waals surface area contributed by atoms with Crippen LogP contribution < -0.4 is 4.74 Å². The van der Waals surface area contributed by atoms with Gasteiger partial charge in [-0.25, -0.2) is 9.98 Å². The molecular weight excluding hydrogens is 493 g/mol. The summed E-state index contributed by atoms with van der Waals surface area (Å²) in [6.07, 6.45) is 5.68. The number of hydrogen-bond acceptors (Lipinski definition) is 7. The number of aliphatic imine (C=N–C) groups is 1. The molecular formula is C24H33F3N6O2S. The predicted octanol–water partition coefficient (Wildman–Crippen LogP) is 4.04. The maximum Gasteiger partial charge on any atom is 0.392 e. The number of halogens is 3. The van der Waals surface area contributed by atoms with E-state index in [1.807, 2.05) is 6.21 Å². The minimum atomic E-state index is -4.21. The van der Waals surface area contributed by atoms with Gasteiger partial charge in [-0.15, -0.1) is 0 Å². The molecule has 0 unspecified atom stereocenters. The van der Waals surface area contributed by atoms with E-state index >= 15 is 0 Å². The van der Waals surface area contributed by atoms with Gasteiger partial charge in [-0.2, -0.15) is 28.2 Å². The van der Waals surface area contributed by atoms with Crippen molar-refractivity contribution in [2.75, 3.05) is 26.2 Å². The van der Waals surface area contributed by atoms with Gasteiger partial charge < -0.3 is 9.64 Å². The monoisotopic (exact) mass is 526 g/mol. The van der Waals surface area contributed by atoms with Crippen LogP contribution in [0.4, 0.5) is 13.2 Å². The Morgan fingerprint density at radius 3 is 2.75 bits per heavy atom. The number of rotatable bonds is 9. The summed E-state index contributed by atoms with van der Waals surface area (Å²) < 4.78 is 42.2. The number of amides is 1. The molecule has 1 aliphatic carbocycles. The first-order valence-corrected chi connectivity index (χ1v) is 13.4. The van der Waals surface area contributed by atoms with Crippen molar-refractivity contribution in [3.05, 3.63) is 22.5 Å². The summed E-state index contributed by atoms with van der Waals surface area (Å²) in [7, 11) is 1.72. The molecule has 2 aromatic rings. The highest BCUT2D eigenvalue weighted by Crippen LogP contribution is 2.32. The summed E-state index contributed by atoms with van der Waals surface area (Å²) >= 11 is 1.38. The molecule has 1 saturated carbocycles. The summed E-state index contributed by atoms with van der Waals surface area (Å²) in [6.45, 7) is 2.51. The number of fused-ring (bicyclic) bond motifs is 1. The fourth-order valence-electron chi connectivity index (χ4n) is 4.77. The van der Waals surface area contributed by atoms with Crippen LogP contribution in [0.15, 0.2) is 11.2 Å². The molecule has 0 aromatic carbocycles. The normalized spacial score (nSPS) is 21.4. The van der Waals surface area contributed by atoms with Gasteiger partial charge in [0.05, 0.1) is 37.0 Å².